The standard InChI is InChI=1S/C11H16N2/c1-4-13(10(3)12)11-8-6-5-7-9(11)2/h5-8,12H,4H2,1-3H3. The van der Waals surface area contributed by atoms with E-state index in [-0.39, 0.29) is 0 Å². The zero-order valence-corrected chi connectivity index (χ0v) is 8.46. The monoisotopic (exact) mass is 176 g/mol. The van der Waals surface area contributed by atoms with Crippen molar-refractivity contribution in [3.05, 3.63) is 29.8 Å². The van der Waals surface area contributed by atoms with Crippen LogP contribution in [0.5, 0.6) is 0 Å². The molecule has 0 atom stereocenters. The number of hydrogen-bond donors (Lipinski definition) is 1. The summed E-state index contributed by atoms with van der Waals surface area (Å²) in [5.74, 6) is 0.594. The average Bonchev–Trinajstić information content (AvgIpc) is 2.09. The Hall–Kier alpha value is -1.31. The summed E-state index contributed by atoms with van der Waals surface area (Å²) in [4.78, 5) is 2.00. The van der Waals surface area contributed by atoms with Gasteiger partial charge in [0.1, 0.15) is 0 Å². The highest BCUT2D eigenvalue weighted by Gasteiger charge is 2.07. The highest BCUT2D eigenvalue weighted by molar-refractivity contribution is 5.94. The molecular formula is C11H16N2. The summed E-state index contributed by atoms with van der Waals surface area (Å²) >= 11 is 0. The molecular weight excluding hydrogens is 160 g/mol. The summed E-state index contributed by atoms with van der Waals surface area (Å²) in [6.07, 6.45) is 0. The van der Waals surface area contributed by atoms with Gasteiger partial charge < -0.3 is 4.90 Å². The van der Waals surface area contributed by atoms with Crippen molar-refractivity contribution in [2.75, 3.05) is 11.4 Å². The fraction of sp³-hybridized carbons (Fsp3) is 0.364. The molecule has 0 heterocycles. The lowest BCUT2D eigenvalue weighted by Gasteiger charge is -2.23. The molecule has 0 aliphatic heterocycles. The summed E-state index contributed by atoms with van der Waals surface area (Å²) in [5, 5.41) is 7.61. The van der Waals surface area contributed by atoms with Crippen LogP contribution < -0.4 is 4.90 Å². The molecule has 1 aromatic carbocycles. The van der Waals surface area contributed by atoms with E-state index in [1.165, 1.54) is 5.56 Å². The van der Waals surface area contributed by atoms with Gasteiger partial charge in [0.25, 0.3) is 0 Å². The lowest BCUT2D eigenvalue weighted by Crippen LogP contribution is -2.27. The van der Waals surface area contributed by atoms with Gasteiger partial charge in [0.05, 0.1) is 5.84 Å². The Kier molecular flexibility index (Phi) is 3.07. The van der Waals surface area contributed by atoms with Crippen molar-refractivity contribution >= 4 is 11.5 Å². The Bertz CT molecular complexity index is 305. The SMILES string of the molecule is CCN(C(C)=N)c1ccccc1C. The van der Waals surface area contributed by atoms with Crippen molar-refractivity contribution in [2.24, 2.45) is 0 Å². The average molecular weight is 176 g/mol. The van der Waals surface area contributed by atoms with E-state index in [2.05, 4.69) is 26.0 Å². The topological polar surface area (TPSA) is 27.1 Å². The van der Waals surface area contributed by atoms with Crippen molar-refractivity contribution < 1.29 is 0 Å². The molecule has 1 aromatic rings. The van der Waals surface area contributed by atoms with Crippen LogP contribution in [0.15, 0.2) is 24.3 Å². The van der Waals surface area contributed by atoms with Crippen LogP contribution in [0.2, 0.25) is 0 Å². The van der Waals surface area contributed by atoms with Gasteiger partial charge in [0.2, 0.25) is 0 Å². The number of nitrogens with one attached hydrogen (secondary N) is 1. The molecule has 13 heavy (non-hydrogen) atoms. The van der Waals surface area contributed by atoms with E-state index in [4.69, 9.17) is 5.41 Å². The normalized spacial score (nSPS) is 9.77. The first-order valence-corrected chi connectivity index (χ1v) is 4.55. The van der Waals surface area contributed by atoms with E-state index in [0.29, 0.717) is 5.84 Å². The molecule has 1 rings (SSSR count). The maximum Gasteiger partial charge on any atom is 0.0970 e. The van der Waals surface area contributed by atoms with E-state index in [9.17, 15) is 0 Å². The van der Waals surface area contributed by atoms with Crippen molar-refractivity contribution in [3.8, 4) is 0 Å². The second kappa shape index (κ2) is 4.08. The summed E-state index contributed by atoms with van der Waals surface area (Å²) in [6.45, 7) is 6.79. The zero-order valence-electron chi connectivity index (χ0n) is 8.46. The molecule has 0 fully saturated rings. The fourth-order valence-corrected chi connectivity index (χ4v) is 1.45. The Morgan fingerprint density at radius 1 is 1.38 bits per heavy atom. The van der Waals surface area contributed by atoms with Crippen molar-refractivity contribution in [3.63, 3.8) is 0 Å². The first-order chi connectivity index (χ1) is 6.16. The lowest BCUT2D eigenvalue weighted by atomic mass is 10.2. The van der Waals surface area contributed by atoms with E-state index in [1.54, 1.807) is 0 Å². The quantitative estimate of drug-likeness (QED) is 0.544. The third-order valence-electron chi connectivity index (χ3n) is 2.13. The van der Waals surface area contributed by atoms with Crippen LogP contribution in [-0.4, -0.2) is 12.4 Å². The smallest absolute Gasteiger partial charge is 0.0970 e. The van der Waals surface area contributed by atoms with Gasteiger partial charge in [0, 0.05) is 12.2 Å². The minimum atomic E-state index is 0.594. The van der Waals surface area contributed by atoms with E-state index in [1.807, 2.05) is 24.0 Å². The van der Waals surface area contributed by atoms with Gasteiger partial charge in [-0.15, -0.1) is 0 Å². The van der Waals surface area contributed by atoms with Crippen LogP contribution in [0.1, 0.15) is 19.4 Å². The first-order valence-electron chi connectivity index (χ1n) is 4.55. The number of rotatable bonds is 2. The summed E-state index contributed by atoms with van der Waals surface area (Å²) in [6, 6.07) is 8.15. The van der Waals surface area contributed by atoms with Crippen LogP contribution >= 0.6 is 0 Å². The van der Waals surface area contributed by atoms with Gasteiger partial charge in [-0.25, -0.2) is 0 Å². The molecule has 2 nitrogen and oxygen atoms in total. The number of para-hydroxylation sites is 1. The van der Waals surface area contributed by atoms with Crippen LogP contribution in [0.25, 0.3) is 0 Å². The van der Waals surface area contributed by atoms with Gasteiger partial charge in [-0.05, 0) is 32.4 Å². The van der Waals surface area contributed by atoms with Crippen molar-refractivity contribution in [1.82, 2.24) is 0 Å². The fourth-order valence-electron chi connectivity index (χ4n) is 1.45. The predicted octanol–water partition coefficient (Wildman–Crippen LogP) is 2.82. The lowest BCUT2D eigenvalue weighted by molar-refractivity contribution is 1.03. The molecule has 0 saturated carbocycles. The Morgan fingerprint density at radius 2 is 2.00 bits per heavy atom. The van der Waals surface area contributed by atoms with Gasteiger partial charge >= 0.3 is 0 Å². The molecule has 0 saturated heterocycles. The van der Waals surface area contributed by atoms with E-state index >= 15 is 0 Å². The van der Waals surface area contributed by atoms with Crippen molar-refractivity contribution in [2.45, 2.75) is 20.8 Å². The molecule has 2 heteroatoms. The van der Waals surface area contributed by atoms with E-state index < -0.39 is 0 Å². The minimum absolute atomic E-state index is 0.594. The molecule has 0 aliphatic carbocycles. The second-order valence-corrected chi connectivity index (χ2v) is 3.12. The highest BCUT2D eigenvalue weighted by atomic mass is 15.2. The largest absolute Gasteiger partial charge is 0.331 e. The molecule has 0 aromatic heterocycles. The third kappa shape index (κ3) is 2.08. The number of benzene rings is 1. The highest BCUT2D eigenvalue weighted by Crippen LogP contribution is 2.18. The molecule has 0 aliphatic rings. The number of amidine groups is 1. The Morgan fingerprint density at radius 3 is 2.46 bits per heavy atom. The van der Waals surface area contributed by atoms with Gasteiger partial charge in [-0.3, -0.25) is 5.41 Å². The van der Waals surface area contributed by atoms with Crippen LogP contribution in [0.3, 0.4) is 0 Å². The van der Waals surface area contributed by atoms with Gasteiger partial charge in [0.15, 0.2) is 0 Å². The molecule has 0 spiro atoms. The summed E-state index contributed by atoms with van der Waals surface area (Å²) in [7, 11) is 0. The van der Waals surface area contributed by atoms with Gasteiger partial charge in [-0.2, -0.15) is 0 Å². The number of nitrogens with zero attached hydrogens (tertiary/aromatic N) is 1. The molecule has 1 N–H and O–H groups in total. The van der Waals surface area contributed by atoms with E-state index in [0.717, 1.165) is 12.2 Å². The first kappa shape index (κ1) is 9.78. The van der Waals surface area contributed by atoms with Gasteiger partial charge in [-0.1, -0.05) is 18.2 Å². The minimum Gasteiger partial charge on any atom is -0.331 e. The van der Waals surface area contributed by atoms with Crippen LogP contribution in [0, 0.1) is 12.3 Å². The number of hydrogen-bond acceptors (Lipinski definition) is 1. The third-order valence-corrected chi connectivity index (χ3v) is 2.13. The van der Waals surface area contributed by atoms with Crippen LogP contribution in [0.4, 0.5) is 5.69 Å². The molecule has 0 bridgehead atoms. The Balaban J connectivity index is 3.04. The molecule has 0 amide bonds. The molecule has 0 unspecified atom stereocenters. The maximum atomic E-state index is 7.61. The summed E-state index contributed by atoms with van der Waals surface area (Å²) < 4.78 is 0. The summed E-state index contributed by atoms with van der Waals surface area (Å²) in [5.41, 5.74) is 2.36. The zero-order chi connectivity index (χ0) is 9.84. The number of aryl methyl sites for hydroxylation is 1. The van der Waals surface area contributed by atoms with Crippen molar-refractivity contribution in [1.29, 1.82) is 5.41 Å². The Labute approximate surface area is 79.7 Å². The second-order valence-electron chi connectivity index (χ2n) is 3.12. The number of anilines is 1. The maximum absolute atomic E-state index is 7.61. The van der Waals surface area contributed by atoms with Crippen LogP contribution in [-0.2, 0) is 0 Å². The predicted molar refractivity (Wildman–Crippen MR) is 57.6 cm³/mol. The molecule has 70 valence electrons. The molecule has 0 radical (unpaired) electrons.